The predicted octanol–water partition coefficient (Wildman–Crippen LogP) is 6.19. The standard InChI is InChI=1S/C43H42ClO4P/c1-31-7-19-37(20-8-31)43(38-21-9-32(2)10-22-38,39-23-11-33(3)12-24-39)49(48-44(45,46)47,40-25-13-34(4)14-26-40,41-27-15-35(5)16-28-41)42-29-17-36(6)18-30-42/h7-30H,1-6H3. The Morgan fingerprint density at radius 1 is 0.367 bits per heavy atom. The van der Waals surface area contributed by atoms with Crippen LogP contribution in [0.2, 0.25) is 0 Å². The van der Waals surface area contributed by atoms with Gasteiger partial charge in [0.25, 0.3) is 0 Å². The molecule has 6 rings (SSSR count). The third kappa shape index (κ3) is 5.63. The summed E-state index contributed by atoms with van der Waals surface area (Å²) in [5.74, 6) is 0. The zero-order valence-corrected chi connectivity index (χ0v) is 30.5. The molecule has 4 nitrogen and oxygen atoms in total. The summed E-state index contributed by atoms with van der Waals surface area (Å²) in [6.07, 6.45) is 0. The Balaban J connectivity index is 2.08. The predicted molar refractivity (Wildman–Crippen MR) is 194 cm³/mol. The van der Waals surface area contributed by atoms with Gasteiger partial charge in [-0.25, -0.2) is 0 Å². The number of halogens is 1. The van der Waals surface area contributed by atoms with Crippen LogP contribution < -0.4 is 29.9 Å². The van der Waals surface area contributed by atoms with Gasteiger partial charge in [-0.1, -0.05) is 0 Å². The van der Waals surface area contributed by atoms with Crippen molar-refractivity contribution in [3.63, 3.8) is 0 Å². The van der Waals surface area contributed by atoms with Gasteiger partial charge in [-0.05, 0) is 0 Å². The fourth-order valence-corrected chi connectivity index (χ4v) is 16.3. The Morgan fingerprint density at radius 3 is 0.776 bits per heavy atom. The van der Waals surface area contributed by atoms with Crippen molar-refractivity contribution in [1.82, 2.24) is 0 Å². The summed E-state index contributed by atoms with van der Waals surface area (Å²) < 4.78 is 48.5. The molecule has 0 aliphatic heterocycles. The van der Waals surface area contributed by atoms with Crippen LogP contribution in [0.4, 0.5) is 0 Å². The molecule has 0 radical (unpaired) electrons. The van der Waals surface area contributed by atoms with Crippen LogP contribution in [0.15, 0.2) is 146 Å². The molecule has 0 saturated carbocycles. The number of benzene rings is 6. The summed E-state index contributed by atoms with van der Waals surface area (Å²) in [5.41, 5.74) is 8.48. The van der Waals surface area contributed by atoms with Crippen LogP contribution in [0.1, 0.15) is 50.1 Å². The van der Waals surface area contributed by atoms with E-state index in [2.05, 4.69) is 36.4 Å². The maximum atomic E-state index is 13.9. The van der Waals surface area contributed by atoms with E-state index in [1.54, 1.807) is 0 Å². The Hall–Kier alpha value is -4.12. The minimum absolute atomic E-state index is 0.609. The second-order valence-electron chi connectivity index (χ2n) is 13.3. The van der Waals surface area contributed by atoms with E-state index in [0.717, 1.165) is 50.1 Å². The molecule has 0 aromatic heterocycles. The number of aryl methyl sites for hydroxylation is 6. The molecule has 0 spiro atoms. The molecule has 49 heavy (non-hydrogen) atoms. The first-order valence-corrected chi connectivity index (χ1v) is 19.8. The monoisotopic (exact) mass is 688 g/mol. The molecule has 0 aliphatic rings. The Morgan fingerprint density at radius 2 is 0.571 bits per heavy atom. The Labute approximate surface area is 292 Å². The van der Waals surface area contributed by atoms with Crippen LogP contribution in [0.3, 0.4) is 0 Å². The molecule has 0 atom stereocenters. The van der Waals surface area contributed by atoms with Crippen molar-refractivity contribution in [3.8, 4) is 0 Å². The third-order valence-electron chi connectivity index (χ3n) is 9.85. The number of hydrogen-bond acceptors (Lipinski definition) is 4. The van der Waals surface area contributed by atoms with E-state index in [4.69, 9.17) is 4.08 Å². The third-order valence-corrected chi connectivity index (χ3v) is 17.5. The quantitative estimate of drug-likeness (QED) is 0.134. The summed E-state index contributed by atoms with van der Waals surface area (Å²) in [6, 6.07) is 48.2. The normalized spacial score (nSPS) is 13.1. The molecule has 6 aromatic rings. The van der Waals surface area contributed by atoms with Gasteiger partial charge in [0, 0.05) is 0 Å². The van der Waals surface area contributed by atoms with Gasteiger partial charge in [0.2, 0.25) is 0 Å². The molecule has 0 heterocycles. The molecule has 0 aliphatic carbocycles. The van der Waals surface area contributed by atoms with E-state index in [-0.39, 0.29) is 0 Å². The maximum absolute atomic E-state index is 13.9. The Bertz CT molecular complexity index is 1820. The average Bonchev–Trinajstić information content (AvgIpc) is 3.07. The van der Waals surface area contributed by atoms with Gasteiger partial charge in [-0.3, -0.25) is 0 Å². The van der Waals surface area contributed by atoms with Crippen molar-refractivity contribution >= 4 is 22.7 Å². The van der Waals surface area contributed by atoms with Crippen LogP contribution in [0, 0.1) is 51.8 Å². The van der Waals surface area contributed by atoms with Gasteiger partial charge in [0.05, 0.1) is 0 Å². The molecule has 0 amide bonds. The van der Waals surface area contributed by atoms with Crippen LogP contribution in [-0.2, 0) is 9.23 Å². The van der Waals surface area contributed by atoms with Gasteiger partial charge in [0.15, 0.2) is 0 Å². The van der Waals surface area contributed by atoms with Gasteiger partial charge in [-0.2, -0.15) is 0 Å². The van der Waals surface area contributed by atoms with Crippen molar-refractivity contribution in [3.05, 3.63) is 196 Å². The SMILES string of the molecule is Cc1ccc(C(c2ccc(C)cc2)(c2ccc(C)cc2)P(O[Cl+3]([O-])([O-])[O-])(c2ccc(C)cc2)(c2ccc(C)cc2)c2ccc(C)cc2)cc1. The van der Waals surface area contributed by atoms with Crippen molar-refractivity contribution < 1.29 is 28.3 Å². The second kappa shape index (κ2) is 13.0. The van der Waals surface area contributed by atoms with E-state index in [1.165, 1.54) is 0 Å². The van der Waals surface area contributed by atoms with Crippen molar-refractivity contribution in [2.75, 3.05) is 0 Å². The molecule has 0 fully saturated rings. The molecule has 250 valence electrons. The van der Waals surface area contributed by atoms with E-state index in [1.807, 2.05) is 151 Å². The zero-order chi connectivity index (χ0) is 35.1. The van der Waals surface area contributed by atoms with Gasteiger partial charge < -0.3 is 0 Å². The number of hydrogen-bond donors (Lipinski definition) is 0. The molecule has 6 aromatic carbocycles. The first-order chi connectivity index (χ1) is 23.3. The topological polar surface area (TPSA) is 78.4 Å². The summed E-state index contributed by atoms with van der Waals surface area (Å²) >= 11 is 0. The molecule has 6 heteroatoms. The summed E-state index contributed by atoms with van der Waals surface area (Å²) in [6.45, 7) is 6.85. The van der Waals surface area contributed by atoms with Gasteiger partial charge in [0.1, 0.15) is 0 Å². The van der Waals surface area contributed by atoms with Crippen molar-refractivity contribution in [1.29, 1.82) is 0 Å². The Kier molecular flexibility index (Phi) is 9.19. The van der Waals surface area contributed by atoms with E-state index < -0.39 is 22.2 Å². The minimum atomic E-state index is -5.21. The molecule has 0 unspecified atom stereocenters. The molecule has 0 bridgehead atoms. The van der Waals surface area contributed by atoms with Crippen LogP contribution >= 0.6 is 6.83 Å². The van der Waals surface area contributed by atoms with Crippen LogP contribution in [-0.4, -0.2) is 0 Å². The van der Waals surface area contributed by atoms with E-state index in [0.29, 0.717) is 15.9 Å². The first kappa shape index (κ1) is 34.7. The first-order valence-electron chi connectivity index (χ1n) is 16.4. The molecule has 0 saturated heterocycles. The van der Waals surface area contributed by atoms with Gasteiger partial charge >= 0.3 is 293 Å². The molecular weight excluding hydrogens is 647 g/mol. The summed E-state index contributed by atoms with van der Waals surface area (Å²) in [4.78, 5) is 0. The van der Waals surface area contributed by atoms with Gasteiger partial charge in [-0.15, -0.1) is 0 Å². The number of rotatable bonds is 9. The molecule has 0 N–H and O–H groups in total. The summed E-state index contributed by atoms with van der Waals surface area (Å²) in [5, 5.41) is 0.416. The van der Waals surface area contributed by atoms with Crippen molar-refractivity contribution in [2.24, 2.45) is 0 Å². The zero-order valence-electron chi connectivity index (χ0n) is 28.8. The fourth-order valence-electron chi connectivity index (χ4n) is 7.48. The fraction of sp³-hybridized carbons (Fsp3) is 0.163. The van der Waals surface area contributed by atoms with Crippen molar-refractivity contribution in [2.45, 2.75) is 46.7 Å². The molecular formula is C43H42ClO4P. The van der Waals surface area contributed by atoms with E-state index in [9.17, 15) is 14.0 Å². The second-order valence-corrected chi connectivity index (χ2v) is 18.9. The average molecular weight is 689 g/mol. The van der Waals surface area contributed by atoms with Crippen LogP contribution in [0.25, 0.3) is 0 Å². The van der Waals surface area contributed by atoms with Crippen LogP contribution in [0.5, 0.6) is 0 Å². The summed E-state index contributed by atoms with van der Waals surface area (Å²) in [7, 11) is -5.06. The van der Waals surface area contributed by atoms with E-state index >= 15 is 0 Å².